The fourth-order valence-electron chi connectivity index (χ4n) is 3.01. The fraction of sp³-hybridized carbons (Fsp3) is 1.00. The van der Waals surface area contributed by atoms with Gasteiger partial charge in [-0.2, -0.15) is 0 Å². The average molecular weight is 392 g/mol. The molecule has 25 heavy (non-hydrogen) atoms. The number of rotatable bonds is 8. The molecule has 4 nitrogen and oxygen atoms in total. The van der Waals surface area contributed by atoms with Crippen molar-refractivity contribution in [2.45, 2.75) is 97.8 Å². The first kappa shape index (κ1) is 25.3. The Morgan fingerprint density at radius 2 is 1.28 bits per heavy atom. The molecule has 0 spiro atoms. The Labute approximate surface area is 160 Å². The van der Waals surface area contributed by atoms with Gasteiger partial charge < -0.3 is 17.8 Å². The first-order valence-electron chi connectivity index (χ1n) is 10.2. The summed E-state index contributed by atoms with van der Waals surface area (Å²) < 4.78 is 18.4. The minimum absolute atomic E-state index is 0.485. The molecule has 0 aromatic rings. The molecule has 1 aliphatic carbocycles. The van der Waals surface area contributed by atoms with Gasteiger partial charge in [0.05, 0.1) is 0 Å². The molecule has 1 saturated carbocycles. The Morgan fingerprint density at radius 1 is 0.880 bits per heavy atom. The van der Waals surface area contributed by atoms with Gasteiger partial charge in [-0.3, -0.25) is 0 Å². The molecule has 0 aromatic heterocycles. The van der Waals surface area contributed by atoms with E-state index in [1.807, 2.05) is 20.8 Å². The summed E-state index contributed by atoms with van der Waals surface area (Å²) in [5.74, 6) is 0. The van der Waals surface area contributed by atoms with Gasteiger partial charge in [0.15, 0.2) is 0 Å². The van der Waals surface area contributed by atoms with Gasteiger partial charge in [0.2, 0.25) is 0 Å². The zero-order valence-electron chi connectivity index (χ0n) is 18.5. The molecule has 0 amide bonds. The lowest BCUT2D eigenvalue weighted by Gasteiger charge is -2.48. The Bertz CT molecular complexity index is 315. The van der Waals surface area contributed by atoms with Crippen molar-refractivity contribution in [3.63, 3.8) is 0 Å². The third-order valence-electron chi connectivity index (χ3n) is 5.75. The molecule has 0 aromatic carbocycles. The van der Waals surface area contributed by atoms with Crippen LogP contribution in [0.4, 0.5) is 0 Å². The molecule has 0 atom stereocenters. The second-order valence-electron chi connectivity index (χ2n) is 8.37. The van der Waals surface area contributed by atoms with E-state index in [-0.39, 0.29) is 0 Å². The van der Waals surface area contributed by atoms with Gasteiger partial charge in [0, 0.05) is 25.9 Å². The van der Waals surface area contributed by atoms with Gasteiger partial charge in [0.25, 0.3) is 0 Å². The fourth-order valence-corrected chi connectivity index (χ4v) is 6.34. The second-order valence-corrected chi connectivity index (χ2v) is 15.3. The highest BCUT2D eigenvalue weighted by atomic mass is 28.3. The van der Waals surface area contributed by atoms with Crippen molar-refractivity contribution < 1.29 is 13.3 Å². The molecule has 6 heteroatoms. The quantitative estimate of drug-likeness (QED) is 0.541. The van der Waals surface area contributed by atoms with Crippen LogP contribution in [0.15, 0.2) is 0 Å². The van der Waals surface area contributed by atoms with Crippen LogP contribution in [0.1, 0.15) is 73.6 Å². The molecule has 0 N–H and O–H groups in total. The summed E-state index contributed by atoms with van der Waals surface area (Å²) in [4.78, 5) is 0. The summed E-state index contributed by atoms with van der Waals surface area (Å²) in [6.07, 6.45) is 7.22. The topological polar surface area (TPSA) is 30.9 Å². The Morgan fingerprint density at radius 3 is 1.60 bits per heavy atom. The van der Waals surface area contributed by atoms with E-state index in [0.29, 0.717) is 24.9 Å². The van der Waals surface area contributed by atoms with Crippen molar-refractivity contribution in [1.29, 1.82) is 0 Å². The molecule has 1 fully saturated rings. The van der Waals surface area contributed by atoms with E-state index in [4.69, 9.17) is 13.3 Å². The van der Waals surface area contributed by atoms with Crippen molar-refractivity contribution in [2.24, 2.45) is 0 Å². The van der Waals surface area contributed by atoms with E-state index in [2.05, 4.69) is 45.5 Å². The van der Waals surface area contributed by atoms with Gasteiger partial charge >= 0.3 is 9.53 Å². The normalized spacial score (nSPS) is 16.9. The van der Waals surface area contributed by atoms with Gasteiger partial charge in [0.1, 0.15) is 8.24 Å². The smallest absolute Gasteiger partial charge is 0.376 e. The van der Waals surface area contributed by atoms with Crippen LogP contribution in [0, 0.1) is 0 Å². The molecule has 0 radical (unpaired) electrons. The standard InChI is InChI=1S/C13H29NSi.C6H16O3Si/c1-13(2,3)15(5,6)14(4)12-10-8-7-9-11-12;1-4-7-10(8-5-2)9-6-3/h12H,7-11H2,1-6H3;10H,4-6H2,1-3H3. The summed E-state index contributed by atoms with van der Waals surface area (Å²) in [6, 6.07) is 0.875. The lowest BCUT2D eigenvalue weighted by atomic mass is 9.96. The van der Waals surface area contributed by atoms with E-state index in [1.54, 1.807) is 0 Å². The highest BCUT2D eigenvalue weighted by molar-refractivity contribution is 6.77. The lowest BCUT2D eigenvalue weighted by Crippen LogP contribution is -2.57. The Hall–Kier alpha value is 0.274. The maximum absolute atomic E-state index is 5.22. The summed E-state index contributed by atoms with van der Waals surface area (Å²) >= 11 is 0. The third kappa shape index (κ3) is 9.15. The molecular formula is C19H45NO3Si2. The molecule has 0 aliphatic heterocycles. The van der Waals surface area contributed by atoms with Crippen LogP contribution < -0.4 is 0 Å². The number of nitrogens with zero attached hydrogens (tertiary/aromatic N) is 1. The number of hydrogen-bond acceptors (Lipinski definition) is 4. The predicted octanol–water partition coefficient (Wildman–Crippen LogP) is 5.07. The van der Waals surface area contributed by atoms with Crippen molar-refractivity contribution >= 4 is 17.8 Å². The van der Waals surface area contributed by atoms with Crippen molar-refractivity contribution in [3.05, 3.63) is 0 Å². The van der Waals surface area contributed by atoms with Gasteiger partial charge in [-0.1, -0.05) is 53.1 Å². The molecule has 152 valence electrons. The van der Waals surface area contributed by atoms with Gasteiger partial charge in [-0.05, 0) is 45.7 Å². The monoisotopic (exact) mass is 391 g/mol. The molecule has 1 aliphatic rings. The molecule has 0 bridgehead atoms. The second kappa shape index (κ2) is 12.6. The van der Waals surface area contributed by atoms with Crippen molar-refractivity contribution in [1.82, 2.24) is 4.57 Å². The SMILES string of the molecule is CCO[SiH](OCC)OCC.CN(C1CCCCC1)[Si](C)(C)C(C)(C)C. The summed E-state index contributed by atoms with van der Waals surface area (Å²) in [5, 5.41) is 0.485. The average Bonchev–Trinajstić information content (AvgIpc) is 2.55. The number of hydrogen-bond donors (Lipinski definition) is 0. The lowest BCUT2D eigenvalue weighted by molar-refractivity contribution is 0.107. The molecule has 1 rings (SSSR count). The van der Waals surface area contributed by atoms with Crippen LogP contribution in [-0.2, 0) is 13.3 Å². The highest BCUT2D eigenvalue weighted by Gasteiger charge is 2.41. The Balaban J connectivity index is 0.000000504. The van der Waals surface area contributed by atoms with Crippen LogP contribution in [0.3, 0.4) is 0 Å². The van der Waals surface area contributed by atoms with E-state index >= 15 is 0 Å². The molecule has 0 heterocycles. The predicted molar refractivity (Wildman–Crippen MR) is 114 cm³/mol. The maximum Gasteiger partial charge on any atom is 0.484 e. The van der Waals surface area contributed by atoms with Crippen LogP contribution in [-0.4, -0.2) is 55.2 Å². The minimum Gasteiger partial charge on any atom is -0.376 e. The molecule has 0 saturated heterocycles. The first-order valence-corrected chi connectivity index (χ1v) is 14.6. The summed E-state index contributed by atoms with van der Waals surface area (Å²) in [5.41, 5.74) is 0. The summed E-state index contributed by atoms with van der Waals surface area (Å²) in [6.45, 7) is 20.2. The van der Waals surface area contributed by atoms with Crippen LogP contribution >= 0.6 is 0 Å². The van der Waals surface area contributed by atoms with E-state index in [1.165, 1.54) is 32.1 Å². The van der Waals surface area contributed by atoms with E-state index in [0.717, 1.165) is 6.04 Å². The van der Waals surface area contributed by atoms with Crippen LogP contribution in [0.2, 0.25) is 18.1 Å². The zero-order chi connectivity index (χ0) is 19.5. The van der Waals surface area contributed by atoms with E-state index < -0.39 is 17.8 Å². The maximum atomic E-state index is 5.22. The van der Waals surface area contributed by atoms with Gasteiger partial charge in [-0.25, -0.2) is 0 Å². The zero-order valence-corrected chi connectivity index (χ0v) is 20.6. The van der Waals surface area contributed by atoms with Crippen LogP contribution in [0.25, 0.3) is 0 Å². The Kier molecular flexibility index (Phi) is 12.8. The molecular weight excluding hydrogens is 346 g/mol. The highest BCUT2D eigenvalue weighted by Crippen LogP contribution is 2.40. The van der Waals surface area contributed by atoms with Crippen LogP contribution in [0.5, 0.6) is 0 Å². The summed E-state index contributed by atoms with van der Waals surface area (Å²) in [7, 11) is -0.614. The minimum atomic E-state index is -1.73. The third-order valence-corrected chi connectivity index (χ3v) is 13.4. The first-order chi connectivity index (χ1) is 11.6. The molecule has 0 unspecified atom stereocenters. The van der Waals surface area contributed by atoms with E-state index in [9.17, 15) is 0 Å². The largest absolute Gasteiger partial charge is 0.484 e. The van der Waals surface area contributed by atoms with Gasteiger partial charge in [-0.15, -0.1) is 0 Å². The van der Waals surface area contributed by atoms with Crippen molar-refractivity contribution in [2.75, 3.05) is 26.9 Å². The van der Waals surface area contributed by atoms with Crippen molar-refractivity contribution in [3.8, 4) is 0 Å².